The number of carbonyl (C=O) groups excluding carboxylic acids is 1. The summed E-state index contributed by atoms with van der Waals surface area (Å²) in [6, 6.07) is 12.6. The fourth-order valence-corrected chi connectivity index (χ4v) is 3.03. The number of hydrogen-bond donors (Lipinski definition) is 3. The monoisotopic (exact) mass is 391 g/mol. The lowest BCUT2D eigenvalue weighted by Crippen LogP contribution is -2.30. The van der Waals surface area contributed by atoms with E-state index in [4.69, 9.17) is 20.3 Å². The minimum absolute atomic E-state index is 0.0480. The lowest BCUT2D eigenvalue weighted by molar-refractivity contribution is 0.1000. The molecule has 0 spiro atoms. The lowest BCUT2D eigenvalue weighted by atomic mass is 10.1. The number of ether oxygens (including phenoxy) is 2. The average Bonchev–Trinajstić information content (AvgIpc) is 2.69. The molecule has 7 nitrogen and oxygen atoms in total. The van der Waals surface area contributed by atoms with Gasteiger partial charge in [0.25, 0.3) is 0 Å². The first kappa shape index (κ1) is 21.0. The van der Waals surface area contributed by atoms with E-state index in [1.54, 1.807) is 19.2 Å². The molecule has 8 heteroatoms. The highest BCUT2D eigenvalue weighted by atomic mass is 32.2. The second-order valence-electron chi connectivity index (χ2n) is 5.78. The topological polar surface area (TPSA) is 111 Å². The van der Waals surface area contributed by atoms with Gasteiger partial charge >= 0.3 is 0 Å². The molecule has 0 radical (unpaired) electrons. The zero-order valence-electron chi connectivity index (χ0n) is 15.3. The van der Waals surface area contributed by atoms with Crippen LogP contribution in [-0.2, 0) is 4.74 Å². The number of aliphatic hydroxyl groups is 1. The predicted molar refractivity (Wildman–Crippen MR) is 107 cm³/mol. The maximum Gasteiger partial charge on any atom is 0.248 e. The highest BCUT2D eigenvalue weighted by Gasteiger charge is 2.20. The van der Waals surface area contributed by atoms with Crippen LogP contribution in [0.4, 0.5) is 5.69 Å². The third kappa shape index (κ3) is 5.86. The molecule has 0 aliphatic rings. The molecule has 5 N–H and O–H groups in total. The summed E-state index contributed by atoms with van der Waals surface area (Å²) in [5, 5.41) is 15.1. The van der Waals surface area contributed by atoms with Gasteiger partial charge in [0.15, 0.2) is 5.75 Å². The van der Waals surface area contributed by atoms with Crippen LogP contribution in [0.3, 0.4) is 0 Å². The van der Waals surface area contributed by atoms with Crippen molar-refractivity contribution in [3.05, 3.63) is 48.0 Å². The molecule has 0 saturated heterocycles. The number of hydrogen-bond acceptors (Lipinski definition) is 7. The van der Waals surface area contributed by atoms with Gasteiger partial charge < -0.3 is 25.2 Å². The molecule has 0 bridgehead atoms. The largest absolute Gasteiger partial charge is 0.454 e. The van der Waals surface area contributed by atoms with Crippen molar-refractivity contribution in [2.24, 2.45) is 10.9 Å². The van der Waals surface area contributed by atoms with Gasteiger partial charge in [-0.1, -0.05) is 18.2 Å². The molecule has 0 aromatic heterocycles. The summed E-state index contributed by atoms with van der Waals surface area (Å²) in [5.74, 6) is 0.633. The van der Waals surface area contributed by atoms with Crippen LogP contribution in [0, 0.1) is 0 Å². The molecule has 0 unspecified atom stereocenters. The summed E-state index contributed by atoms with van der Waals surface area (Å²) in [6.45, 7) is 1.63. The molecule has 2 aromatic rings. The van der Waals surface area contributed by atoms with Crippen molar-refractivity contribution >= 4 is 23.5 Å². The van der Waals surface area contributed by atoms with E-state index in [0.717, 1.165) is 11.9 Å². The van der Waals surface area contributed by atoms with Crippen molar-refractivity contribution in [3.8, 4) is 11.5 Å². The van der Waals surface area contributed by atoms with Gasteiger partial charge in [0.1, 0.15) is 5.75 Å². The standard InChI is InChI=1S/C19H25N3O4S/c1-25-11-9-22(8-5-10-23)16-12-14(19(20)24)13-17(27-21)18(16)26-15-6-3-2-4-7-15/h2-4,6-7,12-13,23H,5,8-11,21H2,1H3,(H2,20,24). The lowest BCUT2D eigenvalue weighted by Gasteiger charge is -2.28. The zero-order chi connectivity index (χ0) is 19.6. The fourth-order valence-electron chi connectivity index (χ4n) is 2.58. The Labute approximate surface area is 163 Å². The SMILES string of the molecule is COCCN(CCCO)c1cc(C(N)=O)cc(SN)c1Oc1ccccc1. The Morgan fingerprint density at radius 2 is 1.96 bits per heavy atom. The van der Waals surface area contributed by atoms with Crippen molar-refractivity contribution < 1.29 is 19.4 Å². The number of carbonyl (C=O) groups is 1. The average molecular weight is 391 g/mol. The maximum atomic E-state index is 11.8. The summed E-state index contributed by atoms with van der Waals surface area (Å²) in [7, 11) is 1.62. The number of anilines is 1. The fraction of sp³-hybridized carbons (Fsp3) is 0.316. The Morgan fingerprint density at radius 1 is 1.22 bits per heavy atom. The van der Waals surface area contributed by atoms with E-state index in [2.05, 4.69) is 0 Å². The number of para-hydroxylation sites is 1. The Hall–Kier alpha value is -2.26. The molecule has 0 fully saturated rings. The minimum Gasteiger partial charge on any atom is -0.454 e. The van der Waals surface area contributed by atoms with Crippen LogP contribution < -0.4 is 20.5 Å². The first-order chi connectivity index (χ1) is 13.1. The van der Waals surface area contributed by atoms with E-state index in [9.17, 15) is 9.90 Å². The van der Waals surface area contributed by atoms with Crippen molar-refractivity contribution in [3.63, 3.8) is 0 Å². The Kier molecular flexibility index (Phi) is 8.41. The first-order valence-corrected chi connectivity index (χ1v) is 9.41. The molecule has 0 aliphatic heterocycles. The highest BCUT2D eigenvalue weighted by Crippen LogP contribution is 2.40. The van der Waals surface area contributed by atoms with Crippen molar-refractivity contribution in [2.75, 3.05) is 38.3 Å². The molecule has 0 saturated carbocycles. The van der Waals surface area contributed by atoms with Crippen LogP contribution in [0.25, 0.3) is 0 Å². The van der Waals surface area contributed by atoms with Crippen LogP contribution >= 0.6 is 11.9 Å². The Morgan fingerprint density at radius 3 is 2.56 bits per heavy atom. The minimum atomic E-state index is -0.549. The third-order valence-electron chi connectivity index (χ3n) is 3.90. The van der Waals surface area contributed by atoms with Crippen molar-refractivity contribution in [1.29, 1.82) is 0 Å². The van der Waals surface area contributed by atoms with Crippen LogP contribution in [0.1, 0.15) is 16.8 Å². The smallest absolute Gasteiger partial charge is 0.248 e. The maximum absolute atomic E-state index is 11.8. The number of rotatable bonds is 11. The number of primary amides is 1. The van der Waals surface area contributed by atoms with Gasteiger partial charge in [-0.25, -0.2) is 0 Å². The molecule has 0 atom stereocenters. The normalized spacial score (nSPS) is 10.6. The molecular weight excluding hydrogens is 366 g/mol. The second-order valence-corrected chi connectivity index (χ2v) is 6.45. The molecule has 146 valence electrons. The molecule has 0 heterocycles. The van der Waals surface area contributed by atoms with Gasteiger partial charge in [-0.15, -0.1) is 0 Å². The van der Waals surface area contributed by atoms with E-state index in [1.165, 1.54) is 0 Å². The van der Waals surface area contributed by atoms with Crippen LogP contribution in [-0.4, -0.2) is 44.4 Å². The van der Waals surface area contributed by atoms with Gasteiger partial charge in [-0.3, -0.25) is 9.93 Å². The van der Waals surface area contributed by atoms with Crippen LogP contribution in [0.2, 0.25) is 0 Å². The van der Waals surface area contributed by atoms with E-state index >= 15 is 0 Å². The number of methoxy groups -OCH3 is 1. The number of nitrogens with two attached hydrogens (primary N) is 2. The molecule has 1 amide bonds. The van der Waals surface area contributed by atoms with Gasteiger partial charge in [0.2, 0.25) is 5.91 Å². The number of benzene rings is 2. The van der Waals surface area contributed by atoms with E-state index in [-0.39, 0.29) is 6.61 Å². The van der Waals surface area contributed by atoms with Crippen molar-refractivity contribution in [1.82, 2.24) is 0 Å². The van der Waals surface area contributed by atoms with Gasteiger partial charge in [0, 0.05) is 32.4 Å². The highest BCUT2D eigenvalue weighted by molar-refractivity contribution is 7.97. The van der Waals surface area contributed by atoms with Crippen LogP contribution in [0.5, 0.6) is 11.5 Å². The van der Waals surface area contributed by atoms with E-state index in [1.807, 2.05) is 35.2 Å². The first-order valence-electron chi connectivity index (χ1n) is 8.53. The van der Waals surface area contributed by atoms with Gasteiger partial charge in [0.05, 0.1) is 17.2 Å². The molecule has 0 aliphatic carbocycles. The third-order valence-corrected chi connectivity index (χ3v) is 4.46. The quantitative estimate of drug-likeness (QED) is 0.504. The predicted octanol–water partition coefficient (Wildman–Crippen LogP) is 2.38. The molecule has 2 aromatic carbocycles. The zero-order valence-corrected chi connectivity index (χ0v) is 16.1. The summed E-state index contributed by atoms with van der Waals surface area (Å²) < 4.78 is 11.3. The Bertz CT molecular complexity index is 735. The number of aliphatic hydroxyl groups excluding tert-OH is 1. The van der Waals surface area contributed by atoms with Crippen molar-refractivity contribution in [2.45, 2.75) is 11.3 Å². The van der Waals surface area contributed by atoms with Crippen LogP contribution in [0.15, 0.2) is 47.4 Å². The summed E-state index contributed by atoms with van der Waals surface area (Å²) in [5.41, 5.74) is 6.51. The summed E-state index contributed by atoms with van der Waals surface area (Å²) in [6.07, 6.45) is 0.556. The number of amides is 1. The Balaban J connectivity index is 2.54. The molecule has 2 rings (SSSR count). The molecule has 27 heavy (non-hydrogen) atoms. The second kappa shape index (κ2) is 10.8. The van der Waals surface area contributed by atoms with Gasteiger partial charge in [-0.2, -0.15) is 0 Å². The van der Waals surface area contributed by atoms with E-state index in [0.29, 0.717) is 53.8 Å². The summed E-state index contributed by atoms with van der Waals surface area (Å²) in [4.78, 5) is 14.4. The number of nitrogens with zero attached hydrogens (tertiary/aromatic N) is 1. The molecular formula is C19H25N3O4S. The van der Waals surface area contributed by atoms with Gasteiger partial charge in [-0.05, 0) is 42.6 Å². The summed E-state index contributed by atoms with van der Waals surface area (Å²) >= 11 is 0.985. The van der Waals surface area contributed by atoms with E-state index < -0.39 is 5.91 Å².